The lowest BCUT2D eigenvalue weighted by molar-refractivity contribution is 0.0625. The molecule has 1 saturated heterocycles. The molecule has 26 heavy (non-hydrogen) atoms. The average Bonchev–Trinajstić information content (AvgIpc) is 3.06. The van der Waals surface area contributed by atoms with Gasteiger partial charge in [-0.05, 0) is 54.9 Å². The number of hydrogen-bond donors (Lipinski definition) is 1. The molecule has 0 unspecified atom stereocenters. The van der Waals surface area contributed by atoms with Gasteiger partial charge < -0.3 is 14.5 Å². The van der Waals surface area contributed by atoms with Crippen molar-refractivity contribution in [1.82, 2.24) is 9.88 Å². The van der Waals surface area contributed by atoms with Gasteiger partial charge in [-0.25, -0.2) is 0 Å². The zero-order valence-electron chi connectivity index (χ0n) is 16.3. The van der Waals surface area contributed by atoms with Crippen molar-refractivity contribution < 1.29 is 9.47 Å². The number of ether oxygens (including phenoxy) is 2. The Kier molecular flexibility index (Phi) is 4.70. The van der Waals surface area contributed by atoms with Crippen LogP contribution in [0.2, 0.25) is 0 Å². The molecule has 0 saturated carbocycles. The molecule has 0 spiro atoms. The first-order chi connectivity index (χ1) is 12.7. The van der Waals surface area contributed by atoms with Crippen LogP contribution in [0, 0.1) is 11.8 Å². The largest absolute Gasteiger partial charge is 0.504 e. The number of aromatic nitrogens is 1. The van der Waals surface area contributed by atoms with E-state index in [0.29, 0.717) is 17.9 Å². The summed E-state index contributed by atoms with van der Waals surface area (Å²) in [5.41, 5.74) is 5.44. The predicted octanol–water partition coefficient (Wildman–Crippen LogP) is 4.67. The zero-order chi connectivity index (χ0) is 18.3. The summed E-state index contributed by atoms with van der Waals surface area (Å²) >= 11 is 0. The highest BCUT2D eigenvalue weighted by Crippen LogP contribution is 2.46. The van der Waals surface area contributed by atoms with E-state index in [4.69, 9.17) is 9.47 Å². The SMILES string of the molecule is CC[C@@H]1CN2CCc3c([nH]c4cccc(OC)c34)[C@@H]2C[C@@H]1/C(C)=C/OC. The summed E-state index contributed by atoms with van der Waals surface area (Å²) in [5, 5.41) is 1.28. The van der Waals surface area contributed by atoms with E-state index in [1.807, 2.05) is 6.26 Å². The van der Waals surface area contributed by atoms with Crippen LogP contribution in [0.15, 0.2) is 30.0 Å². The number of piperidine rings is 1. The van der Waals surface area contributed by atoms with Gasteiger partial charge in [0.25, 0.3) is 0 Å². The maximum Gasteiger partial charge on any atom is 0.128 e. The van der Waals surface area contributed by atoms with E-state index in [2.05, 4.69) is 41.9 Å². The summed E-state index contributed by atoms with van der Waals surface area (Å²) in [5.74, 6) is 2.28. The van der Waals surface area contributed by atoms with Gasteiger partial charge in [0, 0.05) is 29.7 Å². The van der Waals surface area contributed by atoms with Crippen LogP contribution in [0.4, 0.5) is 0 Å². The molecule has 2 aliphatic rings. The van der Waals surface area contributed by atoms with E-state index in [-0.39, 0.29) is 0 Å². The molecule has 1 aromatic heterocycles. The van der Waals surface area contributed by atoms with Crippen LogP contribution in [-0.2, 0) is 11.2 Å². The fourth-order valence-corrected chi connectivity index (χ4v) is 5.20. The Morgan fingerprint density at radius 3 is 2.92 bits per heavy atom. The number of hydrogen-bond acceptors (Lipinski definition) is 3. The second kappa shape index (κ2) is 6.99. The molecule has 0 aliphatic carbocycles. The topological polar surface area (TPSA) is 37.5 Å². The molecule has 1 N–H and O–H groups in total. The first-order valence-electron chi connectivity index (χ1n) is 9.78. The Hall–Kier alpha value is -1.94. The number of nitrogens with one attached hydrogen (secondary N) is 1. The molecule has 0 bridgehead atoms. The van der Waals surface area contributed by atoms with Crippen LogP contribution in [0.1, 0.15) is 44.0 Å². The average molecular weight is 354 g/mol. The highest BCUT2D eigenvalue weighted by Gasteiger charge is 2.40. The lowest BCUT2D eigenvalue weighted by Crippen LogP contribution is -2.46. The molecule has 2 aliphatic heterocycles. The Bertz CT molecular complexity index is 823. The minimum atomic E-state index is 0.462. The lowest BCUT2D eigenvalue weighted by Gasteiger charge is -2.46. The van der Waals surface area contributed by atoms with E-state index in [0.717, 1.165) is 25.1 Å². The Morgan fingerprint density at radius 2 is 2.19 bits per heavy atom. The maximum atomic E-state index is 5.65. The fraction of sp³-hybridized carbons (Fsp3) is 0.545. The van der Waals surface area contributed by atoms with Crippen LogP contribution in [0.25, 0.3) is 10.9 Å². The molecule has 4 heteroatoms. The van der Waals surface area contributed by atoms with Gasteiger partial charge in [0.2, 0.25) is 0 Å². The van der Waals surface area contributed by atoms with Crippen LogP contribution in [-0.4, -0.2) is 37.2 Å². The molecular formula is C22H30N2O2. The Labute approximate surface area is 156 Å². The van der Waals surface area contributed by atoms with Crippen molar-refractivity contribution in [2.24, 2.45) is 11.8 Å². The first-order valence-corrected chi connectivity index (χ1v) is 9.78. The number of H-pyrrole nitrogens is 1. The Balaban J connectivity index is 1.75. The summed E-state index contributed by atoms with van der Waals surface area (Å²) in [6, 6.07) is 6.78. The maximum absolute atomic E-state index is 5.65. The predicted molar refractivity (Wildman–Crippen MR) is 106 cm³/mol. The number of benzene rings is 1. The minimum Gasteiger partial charge on any atom is -0.504 e. The number of nitrogens with zero attached hydrogens (tertiary/aromatic N) is 1. The third kappa shape index (κ3) is 2.71. The molecular weight excluding hydrogens is 324 g/mol. The quantitative estimate of drug-likeness (QED) is 0.811. The number of methoxy groups -OCH3 is 2. The van der Waals surface area contributed by atoms with Crippen molar-refractivity contribution in [2.45, 2.75) is 39.2 Å². The fourth-order valence-electron chi connectivity index (χ4n) is 5.20. The number of aromatic amines is 1. The lowest BCUT2D eigenvalue weighted by atomic mass is 9.74. The van der Waals surface area contributed by atoms with Gasteiger partial charge in [0.15, 0.2) is 0 Å². The van der Waals surface area contributed by atoms with E-state index in [9.17, 15) is 0 Å². The van der Waals surface area contributed by atoms with E-state index in [1.54, 1.807) is 14.2 Å². The number of allylic oxidation sites excluding steroid dienone is 1. The van der Waals surface area contributed by atoms with Crippen LogP contribution in [0.5, 0.6) is 5.75 Å². The van der Waals surface area contributed by atoms with Gasteiger partial charge in [-0.15, -0.1) is 0 Å². The van der Waals surface area contributed by atoms with E-state index in [1.165, 1.54) is 40.7 Å². The summed E-state index contributed by atoms with van der Waals surface area (Å²) in [6.45, 7) is 6.86. The summed E-state index contributed by atoms with van der Waals surface area (Å²) < 4.78 is 11.0. The molecule has 140 valence electrons. The van der Waals surface area contributed by atoms with Gasteiger partial charge in [-0.2, -0.15) is 0 Å². The third-order valence-corrected chi connectivity index (χ3v) is 6.49. The van der Waals surface area contributed by atoms with Crippen molar-refractivity contribution in [3.63, 3.8) is 0 Å². The standard InChI is InChI=1S/C22H30N2O2/c1-5-15-12-24-10-9-16-21-18(7-6-8-20(21)26-4)23-22(16)19(24)11-17(15)14(2)13-25-3/h6-8,13,15,17,19,23H,5,9-12H2,1-4H3/b14-13+/t15-,17-,19+/m1/s1. The van der Waals surface area contributed by atoms with Gasteiger partial charge in [-0.1, -0.05) is 19.4 Å². The molecule has 0 radical (unpaired) electrons. The highest BCUT2D eigenvalue weighted by molar-refractivity contribution is 5.91. The van der Waals surface area contributed by atoms with Crippen molar-refractivity contribution in [3.05, 3.63) is 41.3 Å². The monoisotopic (exact) mass is 354 g/mol. The molecule has 4 nitrogen and oxygen atoms in total. The second-order valence-electron chi connectivity index (χ2n) is 7.77. The van der Waals surface area contributed by atoms with Gasteiger partial charge >= 0.3 is 0 Å². The van der Waals surface area contributed by atoms with Crippen molar-refractivity contribution in [3.8, 4) is 5.75 Å². The molecule has 1 fully saturated rings. The van der Waals surface area contributed by atoms with Crippen LogP contribution in [0.3, 0.4) is 0 Å². The van der Waals surface area contributed by atoms with Crippen molar-refractivity contribution >= 4 is 10.9 Å². The molecule has 4 rings (SSSR count). The van der Waals surface area contributed by atoms with Crippen LogP contribution >= 0.6 is 0 Å². The molecule has 2 aromatic rings. The minimum absolute atomic E-state index is 0.462. The second-order valence-corrected chi connectivity index (χ2v) is 7.77. The van der Waals surface area contributed by atoms with Gasteiger partial charge in [0.05, 0.1) is 26.5 Å². The summed E-state index contributed by atoms with van der Waals surface area (Å²) in [6.07, 6.45) is 5.42. The zero-order valence-corrected chi connectivity index (χ0v) is 16.3. The number of fused-ring (bicyclic) bond motifs is 5. The molecule has 3 atom stereocenters. The highest BCUT2D eigenvalue weighted by atomic mass is 16.5. The smallest absolute Gasteiger partial charge is 0.128 e. The Morgan fingerprint density at radius 1 is 1.35 bits per heavy atom. The van der Waals surface area contributed by atoms with E-state index < -0.39 is 0 Å². The molecule has 1 aromatic carbocycles. The number of rotatable bonds is 4. The van der Waals surface area contributed by atoms with Gasteiger partial charge in [-0.3, -0.25) is 4.90 Å². The van der Waals surface area contributed by atoms with Crippen LogP contribution < -0.4 is 4.74 Å². The summed E-state index contributed by atoms with van der Waals surface area (Å²) in [7, 11) is 3.52. The normalized spacial score (nSPS) is 26.5. The van der Waals surface area contributed by atoms with E-state index >= 15 is 0 Å². The molecule has 0 amide bonds. The third-order valence-electron chi connectivity index (χ3n) is 6.49. The van der Waals surface area contributed by atoms with Crippen molar-refractivity contribution in [1.29, 1.82) is 0 Å². The first kappa shape index (κ1) is 17.5. The summed E-state index contributed by atoms with van der Waals surface area (Å²) in [4.78, 5) is 6.43. The van der Waals surface area contributed by atoms with Crippen molar-refractivity contribution in [2.75, 3.05) is 27.3 Å². The molecule has 3 heterocycles. The van der Waals surface area contributed by atoms with Gasteiger partial charge in [0.1, 0.15) is 5.75 Å².